The van der Waals surface area contributed by atoms with Gasteiger partial charge in [0.15, 0.2) is 11.5 Å². The molecule has 2 N–H and O–H groups in total. The SMILES string of the molecule is O=C(Nc1cn(Cc2nnnn2C2CNC2)nc1-c1cc(OC(F)F)ccc1OC(F)F)c1cnn2cccnc12. The molecule has 18 heteroatoms. The molecule has 5 heterocycles. The largest absolute Gasteiger partial charge is 0.435 e. The molecule has 41 heavy (non-hydrogen) atoms. The number of tetrazole rings is 1. The lowest BCUT2D eigenvalue weighted by Gasteiger charge is -2.27. The van der Waals surface area contributed by atoms with Gasteiger partial charge in [-0.2, -0.15) is 27.8 Å². The van der Waals surface area contributed by atoms with Crippen LogP contribution in [-0.4, -0.2) is 76.8 Å². The van der Waals surface area contributed by atoms with Gasteiger partial charge in [-0.1, -0.05) is 0 Å². The molecule has 1 fully saturated rings. The third-order valence-electron chi connectivity index (χ3n) is 6.15. The molecule has 0 spiro atoms. The van der Waals surface area contributed by atoms with E-state index >= 15 is 0 Å². The summed E-state index contributed by atoms with van der Waals surface area (Å²) in [5, 5.41) is 26.1. The zero-order valence-corrected chi connectivity index (χ0v) is 20.7. The number of amides is 1. The van der Waals surface area contributed by atoms with Crippen LogP contribution >= 0.6 is 0 Å². The molecule has 6 rings (SSSR count). The number of carbonyl (C=O) groups excluding carboxylic acids is 1. The fourth-order valence-corrected chi connectivity index (χ4v) is 4.23. The zero-order chi connectivity index (χ0) is 28.5. The Morgan fingerprint density at radius 1 is 1.17 bits per heavy atom. The predicted octanol–water partition coefficient (Wildman–Crippen LogP) is 2.23. The Balaban J connectivity index is 1.41. The molecule has 4 aromatic heterocycles. The van der Waals surface area contributed by atoms with Crippen LogP contribution in [0, 0.1) is 0 Å². The molecule has 1 aliphatic heterocycles. The van der Waals surface area contributed by atoms with Gasteiger partial charge in [0, 0.05) is 31.7 Å². The van der Waals surface area contributed by atoms with Crippen molar-refractivity contribution in [2.24, 2.45) is 0 Å². The number of benzene rings is 1. The van der Waals surface area contributed by atoms with Crippen LogP contribution in [0.1, 0.15) is 22.2 Å². The molecule has 0 radical (unpaired) electrons. The average molecular weight is 573 g/mol. The first-order valence-electron chi connectivity index (χ1n) is 12.0. The highest BCUT2D eigenvalue weighted by Crippen LogP contribution is 2.38. The van der Waals surface area contributed by atoms with E-state index in [0.29, 0.717) is 18.9 Å². The second-order valence-corrected chi connectivity index (χ2v) is 8.76. The Bertz CT molecular complexity index is 1700. The van der Waals surface area contributed by atoms with Crippen LogP contribution in [0.4, 0.5) is 23.2 Å². The minimum Gasteiger partial charge on any atom is -0.435 e. The lowest BCUT2D eigenvalue weighted by atomic mass is 10.1. The van der Waals surface area contributed by atoms with E-state index < -0.39 is 19.1 Å². The number of alkyl halides is 4. The first kappa shape index (κ1) is 26.1. The first-order valence-corrected chi connectivity index (χ1v) is 12.0. The van der Waals surface area contributed by atoms with Gasteiger partial charge < -0.3 is 20.1 Å². The first-order chi connectivity index (χ1) is 19.9. The van der Waals surface area contributed by atoms with E-state index in [2.05, 4.69) is 50.8 Å². The third-order valence-corrected chi connectivity index (χ3v) is 6.15. The molecule has 1 amide bonds. The van der Waals surface area contributed by atoms with Gasteiger partial charge in [-0.05, 0) is 34.7 Å². The summed E-state index contributed by atoms with van der Waals surface area (Å²) < 4.78 is 66.0. The summed E-state index contributed by atoms with van der Waals surface area (Å²) in [6.45, 7) is -5.04. The number of carbonyl (C=O) groups is 1. The highest BCUT2D eigenvalue weighted by Gasteiger charge is 2.26. The molecule has 0 unspecified atom stereocenters. The molecule has 1 aromatic carbocycles. The van der Waals surface area contributed by atoms with Crippen LogP contribution in [0.2, 0.25) is 0 Å². The topological polar surface area (TPSA) is 151 Å². The summed E-state index contributed by atoms with van der Waals surface area (Å²) >= 11 is 0. The Hall–Kier alpha value is -5.13. The summed E-state index contributed by atoms with van der Waals surface area (Å²) in [6, 6.07) is 4.83. The molecular formula is C23H19F4N11O3. The minimum atomic E-state index is -3.23. The smallest absolute Gasteiger partial charge is 0.387 e. The molecule has 5 aromatic rings. The number of hydrogen-bond acceptors (Lipinski definition) is 10. The lowest BCUT2D eigenvalue weighted by Crippen LogP contribution is -2.44. The molecule has 1 saturated heterocycles. The van der Waals surface area contributed by atoms with E-state index in [1.807, 2.05) is 0 Å². The normalized spacial score (nSPS) is 13.6. The van der Waals surface area contributed by atoms with E-state index in [4.69, 9.17) is 0 Å². The number of hydrogen-bond donors (Lipinski definition) is 2. The highest BCUT2D eigenvalue weighted by molar-refractivity contribution is 6.09. The van der Waals surface area contributed by atoms with Crippen molar-refractivity contribution in [3.8, 4) is 22.8 Å². The van der Waals surface area contributed by atoms with Crippen LogP contribution in [0.25, 0.3) is 16.9 Å². The van der Waals surface area contributed by atoms with E-state index in [9.17, 15) is 22.4 Å². The van der Waals surface area contributed by atoms with Gasteiger partial charge in [0.25, 0.3) is 5.91 Å². The van der Waals surface area contributed by atoms with E-state index in [0.717, 1.165) is 18.2 Å². The van der Waals surface area contributed by atoms with Gasteiger partial charge in [-0.15, -0.1) is 5.10 Å². The Morgan fingerprint density at radius 2 is 2.00 bits per heavy atom. The number of nitrogens with one attached hydrogen (secondary N) is 2. The number of aromatic nitrogens is 9. The Morgan fingerprint density at radius 3 is 2.76 bits per heavy atom. The highest BCUT2D eigenvalue weighted by atomic mass is 19.3. The predicted molar refractivity (Wildman–Crippen MR) is 131 cm³/mol. The second kappa shape index (κ2) is 10.8. The van der Waals surface area contributed by atoms with Gasteiger partial charge >= 0.3 is 13.2 Å². The van der Waals surface area contributed by atoms with Gasteiger partial charge in [-0.25, -0.2) is 14.2 Å². The summed E-state index contributed by atoms with van der Waals surface area (Å²) in [4.78, 5) is 17.5. The van der Waals surface area contributed by atoms with Crippen LogP contribution in [0.5, 0.6) is 11.5 Å². The minimum absolute atomic E-state index is 0.0307. The number of ether oxygens (including phenoxy) is 2. The number of nitrogens with zero attached hydrogens (tertiary/aromatic N) is 9. The van der Waals surface area contributed by atoms with Gasteiger partial charge in [0.2, 0.25) is 0 Å². The van der Waals surface area contributed by atoms with Crippen LogP contribution in [-0.2, 0) is 6.54 Å². The quantitative estimate of drug-likeness (QED) is 0.238. The average Bonchev–Trinajstić information content (AvgIpc) is 3.63. The van der Waals surface area contributed by atoms with E-state index in [1.54, 1.807) is 16.9 Å². The maximum absolute atomic E-state index is 13.3. The van der Waals surface area contributed by atoms with Gasteiger partial charge in [0.05, 0.1) is 23.5 Å². The molecule has 0 atom stereocenters. The Labute approximate surface area is 226 Å². The standard InChI is InChI=1S/C23H19F4N11O3/c24-22(25)40-13-2-3-17(41-23(26)27)14(6-13)19-16(31-21(39)15-9-30-37-5-1-4-29-20(15)37)10-36(33-19)11-18-32-34-35-38(18)12-7-28-8-12/h1-6,9-10,12,22-23,28H,7-8,11H2,(H,31,39). The molecule has 1 aliphatic rings. The maximum atomic E-state index is 13.3. The van der Waals surface area contributed by atoms with Crippen LogP contribution in [0.3, 0.4) is 0 Å². The van der Waals surface area contributed by atoms with E-state index in [1.165, 1.54) is 27.8 Å². The van der Waals surface area contributed by atoms with Crippen molar-refractivity contribution in [3.63, 3.8) is 0 Å². The third kappa shape index (κ3) is 5.36. The van der Waals surface area contributed by atoms with Crippen molar-refractivity contribution < 1.29 is 31.8 Å². The van der Waals surface area contributed by atoms with Gasteiger partial charge in [-0.3, -0.25) is 9.48 Å². The van der Waals surface area contributed by atoms with Gasteiger partial charge in [0.1, 0.15) is 29.3 Å². The molecule has 212 valence electrons. The van der Waals surface area contributed by atoms with Crippen molar-refractivity contribution in [2.45, 2.75) is 25.8 Å². The second-order valence-electron chi connectivity index (χ2n) is 8.76. The molecule has 0 saturated carbocycles. The molecular weight excluding hydrogens is 554 g/mol. The maximum Gasteiger partial charge on any atom is 0.387 e. The van der Waals surface area contributed by atoms with Crippen LogP contribution < -0.4 is 20.1 Å². The summed E-state index contributed by atoms with van der Waals surface area (Å²) in [7, 11) is 0. The van der Waals surface area contributed by atoms with E-state index in [-0.39, 0.29) is 52.2 Å². The zero-order valence-electron chi connectivity index (χ0n) is 20.7. The van der Waals surface area contributed by atoms with Crippen molar-refractivity contribution in [1.82, 2.24) is 49.9 Å². The fraction of sp³-hybridized carbons (Fsp3) is 0.261. The van der Waals surface area contributed by atoms with Crippen LogP contribution in [0.15, 0.2) is 49.1 Å². The van der Waals surface area contributed by atoms with Crippen molar-refractivity contribution >= 4 is 17.2 Å². The van der Waals surface area contributed by atoms with Crippen molar-refractivity contribution in [3.05, 3.63) is 60.4 Å². The molecule has 0 bridgehead atoms. The Kier molecular flexibility index (Phi) is 6.88. The number of halogens is 4. The van der Waals surface area contributed by atoms with Crippen molar-refractivity contribution in [1.29, 1.82) is 0 Å². The van der Waals surface area contributed by atoms with Crippen molar-refractivity contribution in [2.75, 3.05) is 18.4 Å². The number of fused-ring (bicyclic) bond motifs is 1. The molecule has 14 nitrogen and oxygen atoms in total. The summed E-state index contributed by atoms with van der Waals surface area (Å²) in [5.74, 6) is -0.919. The monoisotopic (exact) mass is 573 g/mol. The summed E-state index contributed by atoms with van der Waals surface area (Å²) in [5.41, 5.74) is 0.217. The lowest BCUT2D eigenvalue weighted by molar-refractivity contribution is -0.0526. The summed E-state index contributed by atoms with van der Waals surface area (Å²) in [6.07, 6.45) is 5.83. The number of rotatable bonds is 10. The fourth-order valence-electron chi connectivity index (χ4n) is 4.23. The molecule has 0 aliphatic carbocycles. The number of anilines is 1.